The second kappa shape index (κ2) is 5.50. The molecule has 0 radical (unpaired) electrons. The van der Waals surface area contributed by atoms with Gasteiger partial charge < -0.3 is 10.8 Å². The molecule has 0 saturated carbocycles. The number of carboxylic acids is 1. The molecular weight excluding hydrogens is 260 g/mol. The van der Waals surface area contributed by atoms with E-state index in [1.165, 1.54) is 11.3 Å². The van der Waals surface area contributed by atoms with Crippen molar-refractivity contribution in [2.75, 3.05) is 6.54 Å². The zero-order valence-corrected chi connectivity index (χ0v) is 11.5. The van der Waals surface area contributed by atoms with Gasteiger partial charge in [-0.1, -0.05) is 29.8 Å². The predicted molar refractivity (Wildman–Crippen MR) is 75.4 cm³/mol. The van der Waals surface area contributed by atoms with E-state index in [1.807, 2.05) is 31.2 Å². The highest BCUT2D eigenvalue weighted by Crippen LogP contribution is 2.29. The molecule has 1 unspecified atom stereocenters. The summed E-state index contributed by atoms with van der Waals surface area (Å²) in [6.45, 7) is 2.03. The molecule has 4 nitrogen and oxygen atoms in total. The summed E-state index contributed by atoms with van der Waals surface area (Å²) in [4.78, 5) is 16.7. The minimum Gasteiger partial charge on any atom is -0.481 e. The van der Waals surface area contributed by atoms with Gasteiger partial charge in [0.05, 0.1) is 5.51 Å². The third-order valence-electron chi connectivity index (χ3n) is 3.32. The summed E-state index contributed by atoms with van der Waals surface area (Å²) in [5, 5.41) is 9.65. The van der Waals surface area contributed by atoms with Crippen LogP contribution in [0.15, 0.2) is 36.0 Å². The topological polar surface area (TPSA) is 76.2 Å². The van der Waals surface area contributed by atoms with Crippen LogP contribution in [-0.2, 0) is 16.6 Å². The number of thiazole rings is 1. The van der Waals surface area contributed by atoms with Crippen LogP contribution in [0.3, 0.4) is 0 Å². The summed E-state index contributed by atoms with van der Waals surface area (Å²) in [7, 11) is 0. The number of benzene rings is 1. The van der Waals surface area contributed by atoms with Gasteiger partial charge in [0, 0.05) is 24.0 Å². The van der Waals surface area contributed by atoms with Gasteiger partial charge in [-0.2, -0.15) is 0 Å². The van der Waals surface area contributed by atoms with Gasteiger partial charge in [-0.25, -0.2) is 0 Å². The lowest BCUT2D eigenvalue weighted by molar-refractivity contribution is -0.143. The van der Waals surface area contributed by atoms with Crippen molar-refractivity contribution in [2.24, 2.45) is 5.73 Å². The molecule has 0 saturated heterocycles. The van der Waals surface area contributed by atoms with E-state index < -0.39 is 11.4 Å². The molecule has 0 aliphatic heterocycles. The number of carboxylic acid groups (broad SMARTS) is 1. The SMILES string of the molecule is Cc1ccc(C(CN)(Cc2cncs2)C(=O)O)cc1. The molecule has 0 bridgehead atoms. The highest BCUT2D eigenvalue weighted by Gasteiger charge is 2.39. The maximum atomic E-state index is 11.8. The highest BCUT2D eigenvalue weighted by atomic mass is 32.1. The average Bonchev–Trinajstić information content (AvgIpc) is 2.89. The summed E-state index contributed by atoms with van der Waals surface area (Å²) in [5.41, 5.74) is 8.25. The average molecular weight is 276 g/mol. The molecular formula is C14H16N2O2S. The van der Waals surface area contributed by atoms with Gasteiger partial charge in [-0.05, 0) is 12.5 Å². The molecule has 1 aromatic heterocycles. The zero-order chi connectivity index (χ0) is 13.9. The fraction of sp³-hybridized carbons (Fsp3) is 0.286. The monoisotopic (exact) mass is 276 g/mol. The Bertz CT molecular complexity index is 551. The van der Waals surface area contributed by atoms with Crippen LogP contribution in [0.4, 0.5) is 0 Å². The first-order valence-electron chi connectivity index (χ1n) is 5.96. The van der Waals surface area contributed by atoms with Crippen LogP contribution >= 0.6 is 11.3 Å². The molecule has 5 heteroatoms. The third-order valence-corrected chi connectivity index (χ3v) is 4.10. The number of aromatic nitrogens is 1. The van der Waals surface area contributed by atoms with E-state index in [1.54, 1.807) is 11.7 Å². The maximum Gasteiger partial charge on any atom is 0.315 e. The van der Waals surface area contributed by atoms with Crippen molar-refractivity contribution in [3.63, 3.8) is 0 Å². The Morgan fingerprint density at radius 3 is 2.58 bits per heavy atom. The Morgan fingerprint density at radius 2 is 2.11 bits per heavy atom. The third kappa shape index (κ3) is 2.67. The van der Waals surface area contributed by atoms with Crippen LogP contribution < -0.4 is 5.73 Å². The van der Waals surface area contributed by atoms with Gasteiger partial charge in [0.1, 0.15) is 5.41 Å². The first-order valence-corrected chi connectivity index (χ1v) is 6.84. The lowest BCUT2D eigenvalue weighted by Gasteiger charge is -2.28. The lowest BCUT2D eigenvalue weighted by Crippen LogP contribution is -2.44. The normalized spacial score (nSPS) is 14.0. The van der Waals surface area contributed by atoms with Crippen LogP contribution in [0.25, 0.3) is 0 Å². The van der Waals surface area contributed by atoms with Gasteiger partial charge in [0.2, 0.25) is 0 Å². The Morgan fingerprint density at radius 1 is 1.42 bits per heavy atom. The molecule has 1 atom stereocenters. The van der Waals surface area contributed by atoms with E-state index >= 15 is 0 Å². The molecule has 1 aromatic carbocycles. The van der Waals surface area contributed by atoms with Gasteiger partial charge in [-0.3, -0.25) is 9.78 Å². The molecule has 3 N–H and O–H groups in total. The van der Waals surface area contributed by atoms with Gasteiger partial charge in [-0.15, -0.1) is 11.3 Å². The van der Waals surface area contributed by atoms with Crippen LogP contribution in [0.5, 0.6) is 0 Å². The first kappa shape index (κ1) is 13.7. The Balaban J connectivity index is 2.44. The number of aliphatic carboxylic acids is 1. The van der Waals surface area contributed by atoms with E-state index in [0.29, 0.717) is 6.42 Å². The maximum absolute atomic E-state index is 11.8. The Labute approximate surface area is 115 Å². The number of aryl methyl sites for hydroxylation is 1. The number of nitrogens with two attached hydrogens (primary N) is 1. The van der Waals surface area contributed by atoms with E-state index in [4.69, 9.17) is 5.73 Å². The smallest absolute Gasteiger partial charge is 0.315 e. The van der Waals surface area contributed by atoms with Crippen molar-refractivity contribution in [2.45, 2.75) is 18.8 Å². The number of hydrogen-bond donors (Lipinski definition) is 2. The predicted octanol–water partition coefficient (Wildman–Crippen LogP) is 1.98. The van der Waals surface area contributed by atoms with Crippen molar-refractivity contribution in [3.05, 3.63) is 52.0 Å². The molecule has 2 aromatic rings. The van der Waals surface area contributed by atoms with Crippen molar-refractivity contribution in [1.29, 1.82) is 0 Å². The van der Waals surface area contributed by atoms with Gasteiger partial charge in [0.15, 0.2) is 0 Å². The Kier molecular flexibility index (Phi) is 3.97. The second-order valence-electron chi connectivity index (χ2n) is 4.60. The fourth-order valence-electron chi connectivity index (χ4n) is 2.08. The summed E-state index contributed by atoms with van der Waals surface area (Å²) >= 11 is 1.45. The standard InChI is InChI=1S/C14H16N2O2S/c1-10-2-4-11(5-3-10)14(8-15,13(17)18)6-12-7-16-9-19-12/h2-5,7,9H,6,8,15H2,1H3,(H,17,18). The van der Waals surface area contributed by atoms with Crippen LogP contribution in [0, 0.1) is 6.92 Å². The minimum absolute atomic E-state index is 0.0588. The van der Waals surface area contributed by atoms with E-state index in [0.717, 1.165) is 16.0 Å². The van der Waals surface area contributed by atoms with E-state index in [2.05, 4.69) is 4.98 Å². The molecule has 0 amide bonds. The molecule has 100 valence electrons. The Hall–Kier alpha value is -1.72. The van der Waals surface area contributed by atoms with E-state index in [9.17, 15) is 9.90 Å². The van der Waals surface area contributed by atoms with Crippen molar-refractivity contribution < 1.29 is 9.90 Å². The lowest BCUT2D eigenvalue weighted by atomic mass is 9.77. The molecule has 1 heterocycles. The minimum atomic E-state index is -1.08. The van der Waals surface area contributed by atoms with Crippen molar-refractivity contribution in [3.8, 4) is 0 Å². The molecule has 19 heavy (non-hydrogen) atoms. The van der Waals surface area contributed by atoms with Crippen molar-refractivity contribution in [1.82, 2.24) is 4.98 Å². The van der Waals surface area contributed by atoms with Gasteiger partial charge >= 0.3 is 5.97 Å². The number of carbonyl (C=O) groups is 1. The van der Waals surface area contributed by atoms with Crippen LogP contribution in [0.1, 0.15) is 16.0 Å². The quantitative estimate of drug-likeness (QED) is 0.875. The molecule has 0 aliphatic rings. The summed E-state index contributed by atoms with van der Waals surface area (Å²) in [6, 6.07) is 7.51. The number of nitrogens with zero attached hydrogens (tertiary/aromatic N) is 1. The van der Waals surface area contributed by atoms with E-state index in [-0.39, 0.29) is 6.54 Å². The zero-order valence-electron chi connectivity index (χ0n) is 10.7. The second-order valence-corrected chi connectivity index (χ2v) is 5.57. The van der Waals surface area contributed by atoms with Crippen LogP contribution in [0.2, 0.25) is 0 Å². The van der Waals surface area contributed by atoms with Crippen molar-refractivity contribution >= 4 is 17.3 Å². The summed E-state index contributed by atoms with van der Waals surface area (Å²) < 4.78 is 0. The fourth-order valence-corrected chi connectivity index (χ4v) is 2.79. The summed E-state index contributed by atoms with van der Waals surface area (Å²) in [6.07, 6.45) is 2.07. The molecule has 2 rings (SSSR count). The first-order chi connectivity index (χ1) is 9.08. The largest absolute Gasteiger partial charge is 0.481 e. The summed E-state index contributed by atoms with van der Waals surface area (Å²) in [5.74, 6) is -0.896. The molecule has 0 spiro atoms. The van der Waals surface area contributed by atoms with Crippen LogP contribution in [-0.4, -0.2) is 22.6 Å². The number of hydrogen-bond acceptors (Lipinski definition) is 4. The highest BCUT2D eigenvalue weighted by molar-refractivity contribution is 7.09. The molecule has 0 fully saturated rings. The molecule has 0 aliphatic carbocycles. The van der Waals surface area contributed by atoms with Gasteiger partial charge in [0.25, 0.3) is 0 Å². The number of rotatable bonds is 5.